The summed E-state index contributed by atoms with van der Waals surface area (Å²) < 4.78 is 0. The third-order valence-corrected chi connectivity index (χ3v) is 20.7. The molecule has 2 saturated heterocycles. The standard InChI is InChI=1S/C74H84N8O8/c1-5-43(2)68(84)78-65(46-22-10-7-11-23-46)74(90)82-42-52(39-63(82)72(88)80-67-59-30-18-14-26-55(59)56-27-15-19-31-60(56)67)77-70(86)50-35-33-47-36-49(34-32-48(47)37-50)69(85)76-51-38-62(71(87)79-66-57-28-16-12-24-53(57)54-25-13-17-29-58(54)66)81(41-51)73(89)61(40-64(83)44(3)75-4)45-20-8-6-9-21-45/h12-19,24-37,43-46,51-52,61-63,65-67,75H,5-11,20-23,38-42H2,1-4H3,(H,76,85)(H,77,86)(H,78,84)(H,79,87)(H,80,88)/t43-,44+,51+,52+,61+,62+,63+,65+/m1/s1. The molecule has 0 unspecified atom stereocenters. The molecule has 2 heterocycles. The molecule has 4 fully saturated rings. The molecule has 0 aromatic heterocycles. The van der Waals surface area contributed by atoms with Gasteiger partial charge in [-0.2, -0.15) is 0 Å². The minimum atomic E-state index is -0.944. The summed E-state index contributed by atoms with van der Waals surface area (Å²) >= 11 is 0. The number of ketones is 1. The number of carbonyl (C=O) groups excluding carboxylic acids is 8. The molecule has 468 valence electrons. The second-order valence-electron chi connectivity index (χ2n) is 26.2. The molecule has 0 radical (unpaired) electrons. The molecular weight excluding hydrogens is 1130 g/mol. The molecule has 4 aliphatic carbocycles. The minimum Gasteiger partial charge on any atom is -0.347 e. The molecule has 6 N–H and O–H groups in total. The van der Waals surface area contributed by atoms with E-state index >= 15 is 9.59 Å². The van der Waals surface area contributed by atoms with E-state index < -0.39 is 60.2 Å². The number of carbonyl (C=O) groups is 8. The zero-order valence-corrected chi connectivity index (χ0v) is 52.1. The van der Waals surface area contributed by atoms with Gasteiger partial charge in [-0.25, -0.2) is 0 Å². The number of rotatable bonds is 19. The highest BCUT2D eigenvalue weighted by atomic mass is 16.2. The maximum absolute atomic E-state index is 15.2. The predicted molar refractivity (Wildman–Crippen MR) is 347 cm³/mol. The number of hydrogen-bond donors (Lipinski definition) is 6. The molecule has 6 aliphatic rings. The quantitative estimate of drug-likeness (QED) is 0.0455. The average Bonchev–Trinajstić information content (AvgIpc) is 1.73. The van der Waals surface area contributed by atoms with Gasteiger partial charge in [0.05, 0.1) is 18.1 Å². The fourth-order valence-corrected chi connectivity index (χ4v) is 15.3. The number of hydrogen-bond acceptors (Lipinski definition) is 9. The monoisotopic (exact) mass is 1210 g/mol. The summed E-state index contributed by atoms with van der Waals surface area (Å²) in [5, 5.41) is 20.6. The Morgan fingerprint density at radius 3 is 1.33 bits per heavy atom. The van der Waals surface area contributed by atoms with Crippen LogP contribution < -0.4 is 31.9 Å². The summed E-state index contributed by atoms with van der Waals surface area (Å²) in [4.78, 5) is 119. The van der Waals surface area contributed by atoms with Crippen LogP contribution in [-0.2, 0) is 28.8 Å². The van der Waals surface area contributed by atoms with E-state index in [1.165, 1.54) is 0 Å². The summed E-state index contributed by atoms with van der Waals surface area (Å²) in [7, 11) is 1.73. The van der Waals surface area contributed by atoms with E-state index in [9.17, 15) is 28.8 Å². The number of fused-ring (bicyclic) bond motifs is 7. The lowest BCUT2D eigenvalue weighted by atomic mass is 9.76. The normalized spacial score (nSPS) is 21.2. The van der Waals surface area contributed by atoms with Crippen LogP contribution >= 0.6 is 0 Å². The van der Waals surface area contributed by atoms with Crippen molar-refractivity contribution < 1.29 is 38.4 Å². The molecule has 7 amide bonds. The SMILES string of the molecule is CC[C@@H](C)C(=O)N[C@H](C(=O)N1C[C@@H](NC(=O)c2ccc3cc(C(=O)N[C@H]4C[C@@H](C(=O)NC5c6ccccc6-c6ccccc65)N(C(=O)[C@@H](CC(=O)[C@H](C)NC)C5CCCCC5)C4)ccc3c2)C[C@H]1C(=O)NC1c2ccccc2-c2ccccc21)C1CCCCC1. The zero-order chi connectivity index (χ0) is 62.7. The van der Waals surface area contributed by atoms with Crippen LogP contribution in [0.3, 0.4) is 0 Å². The Balaban J connectivity index is 0.763. The van der Waals surface area contributed by atoms with Gasteiger partial charge in [0, 0.05) is 54.6 Å². The maximum atomic E-state index is 15.2. The maximum Gasteiger partial charge on any atom is 0.251 e. The molecule has 0 spiro atoms. The second-order valence-corrected chi connectivity index (χ2v) is 26.2. The molecule has 6 aromatic carbocycles. The Labute approximate surface area is 527 Å². The third kappa shape index (κ3) is 12.6. The van der Waals surface area contributed by atoms with Crippen LogP contribution in [0, 0.1) is 23.7 Å². The summed E-state index contributed by atoms with van der Waals surface area (Å²) in [6.45, 7) is 5.75. The van der Waals surface area contributed by atoms with Crippen molar-refractivity contribution in [1.29, 1.82) is 0 Å². The summed E-state index contributed by atoms with van der Waals surface area (Å²) in [6, 6.07) is 37.2. The first-order valence-electron chi connectivity index (χ1n) is 32.9. The van der Waals surface area contributed by atoms with Crippen LogP contribution in [0.25, 0.3) is 33.0 Å². The lowest BCUT2D eigenvalue weighted by Crippen LogP contribution is -2.57. The van der Waals surface area contributed by atoms with Gasteiger partial charge in [0.1, 0.15) is 23.9 Å². The van der Waals surface area contributed by atoms with Crippen molar-refractivity contribution in [3.63, 3.8) is 0 Å². The van der Waals surface area contributed by atoms with Gasteiger partial charge in [-0.3, -0.25) is 38.4 Å². The van der Waals surface area contributed by atoms with Crippen molar-refractivity contribution in [3.05, 3.63) is 167 Å². The van der Waals surface area contributed by atoms with Gasteiger partial charge in [-0.15, -0.1) is 0 Å². The van der Waals surface area contributed by atoms with Crippen molar-refractivity contribution >= 4 is 57.9 Å². The highest BCUT2D eigenvalue weighted by molar-refractivity contribution is 6.03. The van der Waals surface area contributed by atoms with Crippen LogP contribution in [-0.4, -0.2) is 113 Å². The van der Waals surface area contributed by atoms with E-state index in [-0.39, 0.29) is 91.3 Å². The fraction of sp³-hybridized carbons (Fsp3) is 0.432. The molecule has 2 saturated carbocycles. The van der Waals surface area contributed by atoms with E-state index in [1.807, 2.05) is 111 Å². The van der Waals surface area contributed by atoms with Gasteiger partial charge in [-0.1, -0.05) is 162 Å². The smallest absolute Gasteiger partial charge is 0.251 e. The lowest BCUT2D eigenvalue weighted by molar-refractivity contribution is -0.145. The van der Waals surface area contributed by atoms with E-state index in [0.717, 1.165) is 109 Å². The first kappa shape index (κ1) is 61.7. The second kappa shape index (κ2) is 26.9. The number of Topliss-reactive ketones (excluding diaryl/α,β-unsaturated/α-hetero) is 1. The van der Waals surface area contributed by atoms with Crippen molar-refractivity contribution in [3.8, 4) is 22.3 Å². The molecule has 16 heteroatoms. The average molecular weight is 1210 g/mol. The number of nitrogens with zero attached hydrogens (tertiary/aromatic N) is 2. The minimum absolute atomic E-state index is 0.0103. The fourth-order valence-electron chi connectivity index (χ4n) is 15.3. The van der Waals surface area contributed by atoms with E-state index in [4.69, 9.17) is 0 Å². The Kier molecular flexibility index (Phi) is 18.5. The van der Waals surface area contributed by atoms with Crippen molar-refractivity contribution in [1.82, 2.24) is 41.7 Å². The van der Waals surface area contributed by atoms with Crippen molar-refractivity contribution in [2.75, 3.05) is 20.1 Å². The van der Waals surface area contributed by atoms with Crippen molar-refractivity contribution in [2.45, 2.75) is 159 Å². The molecule has 12 rings (SSSR count). The topological polar surface area (TPSA) is 215 Å². The Morgan fingerprint density at radius 2 is 0.911 bits per heavy atom. The van der Waals surface area contributed by atoms with Crippen LogP contribution in [0.4, 0.5) is 0 Å². The summed E-state index contributed by atoms with van der Waals surface area (Å²) in [5.41, 5.74) is 8.71. The van der Waals surface area contributed by atoms with Crippen LogP contribution in [0.5, 0.6) is 0 Å². The predicted octanol–water partition coefficient (Wildman–Crippen LogP) is 9.89. The molecule has 90 heavy (non-hydrogen) atoms. The largest absolute Gasteiger partial charge is 0.347 e. The first-order valence-corrected chi connectivity index (χ1v) is 32.9. The van der Waals surface area contributed by atoms with E-state index in [2.05, 4.69) is 31.9 Å². The number of likely N-dealkylation sites (tertiary alicyclic amines) is 2. The van der Waals surface area contributed by atoms with Crippen LogP contribution in [0.15, 0.2) is 133 Å². The third-order valence-electron chi connectivity index (χ3n) is 20.7. The molecule has 16 nitrogen and oxygen atoms in total. The first-order chi connectivity index (χ1) is 43.7. The van der Waals surface area contributed by atoms with Gasteiger partial charge in [0.2, 0.25) is 29.5 Å². The van der Waals surface area contributed by atoms with Crippen molar-refractivity contribution in [2.24, 2.45) is 23.7 Å². The summed E-state index contributed by atoms with van der Waals surface area (Å²) in [6.07, 6.45) is 10.1. The molecule has 2 aliphatic heterocycles. The number of amides is 7. The molecule has 0 bridgehead atoms. The van der Waals surface area contributed by atoms with E-state index in [0.29, 0.717) is 28.3 Å². The number of likely N-dealkylation sites (N-methyl/N-ethyl adjacent to an activating group) is 1. The molecule has 6 aromatic rings. The Hall–Kier alpha value is -8.50. The lowest BCUT2D eigenvalue weighted by Gasteiger charge is -2.35. The van der Waals surface area contributed by atoms with Gasteiger partial charge >= 0.3 is 0 Å². The van der Waals surface area contributed by atoms with E-state index in [1.54, 1.807) is 60.2 Å². The number of benzene rings is 6. The van der Waals surface area contributed by atoms with Gasteiger partial charge in [0.25, 0.3) is 11.8 Å². The zero-order valence-electron chi connectivity index (χ0n) is 52.1. The Morgan fingerprint density at radius 1 is 0.500 bits per heavy atom. The van der Waals surface area contributed by atoms with Gasteiger partial charge in [0.15, 0.2) is 0 Å². The van der Waals surface area contributed by atoms with Crippen LogP contribution in [0.1, 0.15) is 166 Å². The highest BCUT2D eigenvalue weighted by Gasteiger charge is 2.48. The van der Waals surface area contributed by atoms with Crippen LogP contribution in [0.2, 0.25) is 0 Å². The highest BCUT2D eigenvalue weighted by Crippen LogP contribution is 2.45. The Bertz CT molecular complexity index is 3410. The number of nitrogens with one attached hydrogen (secondary N) is 6. The molecule has 8 atom stereocenters. The van der Waals surface area contributed by atoms with Gasteiger partial charge < -0.3 is 41.7 Å². The molecular formula is C74H84N8O8. The summed E-state index contributed by atoms with van der Waals surface area (Å²) in [5.74, 6) is -3.27. The van der Waals surface area contributed by atoms with Gasteiger partial charge in [-0.05, 0) is 150 Å².